The van der Waals surface area contributed by atoms with Crippen molar-refractivity contribution < 1.29 is 18.3 Å². The van der Waals surface area contributed by atoms with Crippen LogP contribution in [0.3, 0.4) is 0 Å². The summed E-state index contributed by atoms with van der Waals surface area (Å²) in [5.74, 6) is -1.48. The van der Waals surface area contributed by atoms with Crippen molar-refractivity contribution in [2.45, 2.75) is 25.3 Å². The van der Waals surface area contributed by atoms with Gasteiger partial charge in [-0.25, -0.2) is 13.1 Å². The van der Waals surface area contributed by atoms with E-state index in [2.05, 4.69) is 4.72 Å². The van der Waals surface area contributed by atoms with Gasteiger partial charge in [0.15, 0.2) is 0 Å². The Hall–Kier alpha value is -1.91. The Kier molecular flexibility index (Phi) is 6.15. The molecule has 2 N–H and O–H groups in total. The molecule has 0 spiro atoms. The van der Waals surface area contributed by atoms with Gasteiger partial charge in [-0.15, -0.1) is 0 Å². The van der Waals surface area contributed by atoms with Crippen LogP contribution in [0.4, 0.5) is 0 Å². The van der Waals surface area contributed by atoms with E-state index in [4.69, 9.17) is 10.4 Å². The van der Waals surface area contributed by atoms with E-state index >= 15 is 0 Å². The minimum Gasteiger partial charge on any atom is -0.480 e. The van der Waals surface area contributed by atoms with Crippen LogP contribution in [0, 0.1) is 11.3 Å². The molecule has 0 aliphatic carbocycles. The lowest BCUT2D eigenvalue weighted by Gasteiger charge is -2.14. The lowest BCUT2D eigenvalue weighted by atomic mass is 10.1. The maximum Gasteiger partial charge on any atom is 0.322 e. The molecule has 0 saturated heterocycles. The molecule has 0 aliphatic rings. The minimum atomic E-state index is -3.70. The zero-order chi connectivity index (χ0) is 15.0. The normalized spacial score (nSPS) is 12.6. The fraction of sp³-hybridized carbons (Fsp3) is 0.385. The highest BCUT2D eigenvalue weighted by Crippen LogP contribution is 2.05. The summed E-state index contributed by atoms with van der Waals surface area (Å²) in [6.07, 6.45) is 0.383. The molecule has 1 atom stereocenters. The highest BCUT2D eigenvalue weighted by molar-refractivity contribution is 7.89. The number of carbonyl (C=O) groups is 1. The molecule has 0 amide bonds. The molecule has 1 rings (SSSR count). The first-order valence-electron chi connectivity index (χ1n) is 6.08. The first-order chi connectivity index (χ1) is 9.44. The quantitative estimate of drug-likeness (QED) is 0.693. The van der Waals surface area contributed by atoms with E-state index < -0.39 is 22.0 Å². The lowest BCUT2D eigenvalue weighted by molar-refractivity contribution is -0.138. The van der Waals surface area contributed by atoms with Crippen LogP contribution in [-0.4, -0.2) is 31.3 Å². The number of benzene rings is 1. The molecule has 1 aromatic rings. The molecule has 0 saturated carbocycles. The highest BCUT2D eigenvalue weighted by atomic mass is 32.2. The van der Waals surface area contributed by atoms with Gasteiger partial charge in [0.2, 0.25) is 10.0 Å². The third-order valence-corrected chi connectivity index (χ3v) is 4.07. The highest BCUT2D eigenvalue weighted by Gasteiger charge is 2.23. The molecule has 108 valence electrons. The second-order valence-electron chi connectivity index (χ2n) is 4.28. The second-order valence-corrected chi connectivity index (χ2v) is 6.15. The average Bonchev–Trinajstić information content (AvgIpc) is 2.39. The molecular formula is C13H16N2O4S. The number of carboxylic acid groups (broad SMARTS) is 1. The predicted molar refractivity (Wildman–Crippen MR) is 73.3 cm³/mol. The van der Waals surface area contributed by atoms with Crippen molar-refractivity contribution in [3.63, 3.8) is 0 Å². The van der Waals surface area contributed by atoms with Crippen molar-refractivity contribution in [1.29, 1.82) is 5.26 Å². The van der Waals surface area contributed by atoms with Crippen LogP contribution in [0.15, 0.2) is 30.3 Å². The first-order valence-corrected chi connectivity index (χ1v) is 7.73. The zero-order valence-electron chi connectivity index (χ0n) is 10.8. The molecule has 0 fully saturated rings. The molecule has 1 aromatic carbocycles. The number of carboxylic acids is 1. The van der Waals surface area contributed by atoms with Crippen LogP contribution in [0.2, 0.25) is 0 Å². The fourth-order valence-corrected chi connectivity index (χ4v) is 2.91. The van der Waals surface area contributed by atoms with Crippen LogP contribution in [-0.2, 0) is 21.2 Å². The Bertz CT molecular complexity index is 578. The number of rotatable bonds is 8. The third-order valence-electron chi connectivity index (χ3n) is 2.60. The van der Waals surface area contributed by atoms with E-state index in [1.54, 1.807) is 30.3 Å². The van der Waals surface area contributed by atoms with Crippen molar-refractivity contribution in [1.82, 2.24) is 4.72 Å². The lowest BCUT2D eigenvalue weighted by Crippen LogP contribution is -2.43. The SMILES string of the molecule is N#CCCCS(=O)(=O)N[C@H](Cc1ccccc1)C(=O)O. The second kappa shape index (κ2) is 7.62. The summed E-state index contributed by atoms with van der Waals surface area (Å²) in [7, 11) is -3.70. The number of hydrogen-bond acceptors (Lipinski definition) is 4. The Balaban J connectivity index is 2.68. The predicted octanol–water partition coefficient (Wildman–Crippen LogP) is 0.905. The van der Waals surface area contributed by atoms with Gasteiger partial charge in [-0.3, -0.25) is 4.79 Å². The van der Waals surface area contributed by atoms with E-state index in [0.717, 1.165) is 5.56 Å². The summed E-state index contributed by atoms with van der Waals surface area (Å²) in [5.41, 5.74) is 0.736. The first kappa shape index (κ1) is 16.1. The molecular weight excluding hydrogens is 280 g/mol. The Morgan fingerprint density at radius 3 is 2.55 bits per heavy atom. The Morgan fingerprint density at radius 1 is 1.35 bits per heavy atom. The molecule has 0 bridgehead atoms. The molecule has 0 heterocycles. The monoisotopic (exact) mass is 296 g/mol. The van der Waals surface area contributed by atoms with E-state index in [9.17, 15) is 13.2 Å². The van der Waals surface area contributed by atoms with Crippen LogP contribution in [0.25, 0.3) is 0 Å². The molecule has 20 heavy (non-hydrogen) atoms. The molecule has 0 aliphatic heterocycles. The molecule has 6 nitrogen and oxygen atoms in total. The number of nitrogens with zero attached hydrogens (tertiary/aromatic N) is 1. The van der Waals surface area contributed by atoms with E-state index in [1.165, 1.54) is 0 Å². The minimum absolute atomic E-state index is 0.0770. The van der Waals surface area contributed by atoms with Crippen LogP contribution in [0.5, 0.6) is 0 Å². The van der Waals surface area contributed by atoms with Crippen molar-refractivity contribution in [3.05, 3.63) is 35.9 Å². The van der Waals surface area contributed by atoms with Gasteiger partial charge in [0, 0.05) is 6.42 Å². The van der Waals surface area contributed by atoms with Gasteiger partial charge in [-0.1, -0.05) is 30.3 Å². The van der Waals surface area contributed by atoms with Crippen molar-refractivity contribution in [2.75, 3.05) is 5.75 Å². The summed E-state index contributed by atoms with van der Waals surface area (Å²) in [4.78, 5) is 11.1. The van der Waals surface area contributed by atoms with Gasteiger partial charge in [-0.05, 0) is 18.4 Å². The smallest absolute Gasteiger partial charge is 0.322 e. The van der Waals surface area contributed by atoms with Gasteiger partial charge in [0.1, 0.15) is 6.04 Å². The number of nitrogens with one attached hydrogen (secondary N) is 1. The van der Waals surface area contributed by atoms with Crippen molar-refractivity contribution in [3.8, 4) is 6.07 Å². The standard InChI is InChI=1S/C13H16N2O4S/c14-8-4-5-9-20(18,19)15-12(13(16)17)10-11-6-2-1-3-7-11/h1-3,6-7,12,15H,4-5,9-10H2,(H,16,17)/t12-/m1/s1. The van der Waals surface area contributed by atoms with Crippen LogP contribution < -0.4 is 4.72 Å². The maximum atomic E-state index is 11.7. The topological polar surface area (TPSA) is 107 Å². The van der Waals surface area contributed by atoms with Crippen molar-refractivity contribution in [2.24, 2.45) is 0 Å². The maximum absolute atomic E-state index is 11.7. The summed E-state index contributed by atoms with van der Waals surface area (Å²) < 4.78 is 25.6. The van der Waals surface area contributed by atoms with E-state index in [0.29, 0.717) is 0 Å². The molecule has 7 heteroatoms. The van der Waals surface area contributed by atoms with Gasteiger partial charge in [-0.2, -0.15) is 5.26 Å². The summed E-state index contributed by atoms with van der Waals surface area (Å²) in [6, 6.07) is 9.43. The number of aliphatic carboxylic acids is 1. The van der Waals surface area contributed by atoms with Crippen LogP contribution in [0.1, 0.15) is 18.4 Å². The number of sulfonamides is 1. The summed E-state index contributed by atoms with van der Waals surface area (Å²) in [5, 5.41) is 17.5. The summed E-state index contributed by atoms with van der Waals surface area (Å²) >= 11 is 0. The van der Waals surface area contributed by atoms with Gasteiger partial charge in [0.05, 0.1) is 11.8 Å². The largest absolute Gasteiger partial charge is 0.480 e. The number of hydrogen-bond donors (Lipinski definition) is 2. The number of nitriles is 1. The summed E-state index contributed by atoms with van der Waals surface area (Å²) in [6.45, 7) is 0. The van der Waals surface area contributed by atoms with E-state index in [-0.39, 0.29) is 25.0 Å². The zero-order valence-corrected chi connectivity index (χ0v) is 11.6. The third kappa shape index (κ3) is 5.82. The van der Waals surface area contributed by atoms with Gasteiger partial charge < -0.3 is 5.11 Å². The average molecular weight is 296 g/mol. The fourth-order valence-electron chi connectivity index (χ4n) is 1.65. The molecule has 0 aromatic heterocycles. The van der Waals surface area contributed by atoms with Gasteiger partial charge >= 0.3 is 5.97 Å². The van der Waals surface area contributed by atoms with Gasteiger partial charge in [0.25, 0.3) is 0 Å². The number of unbranched alkanes of at least 4 members (excludes halogenated alkanes) is 1. The van der Waals surface area contributed by atoms with Crippen molar-refractivity contribution >= 4 is 16.0 Å². The van der Waals surface area contributed by atoms with E-state index in [1.807, 2.05) is 6.07 Å². The molecule has 0 radical (unpaired) electrons. The Labute approximate surface area is 118 Å². The molecule has 0 unspecified atom stereocenters. The van der Waals surface area contributed by atoms with Crippen LogP contribution >= 0.6 is 0 Å². The Morgan fingerprint density at radius 2 is 2.00 bits per heavy atom.